The fourth-order valence-corrected chi connectivity index (χ4v) is 0.199. The molecule has 0 radical (unpaired) electrons. The van der Waals surface area contributed by atoms with Gasteiger partial charge in [0.2, 0.25) is 0 Å². The minimum Gasteiger partial charge on any atom is -0.102 e. The molecule has 0 N–H and O–H groups in total. The standard InChI is InChI=1S/C7H8/c1-3-5-7-6-4-2/h3,5,7H,1H2,2H3. The van der Waals surface area contributed by atoms with E-state index in [9.17, 15) is 0 Å². The summed E-state index contributed by atoms with van der Waals surface area (Å²) in [4.78, 5) is 0. The zero-order valence-corrected chi connectivity index (χ0v) is 4.44. The second kappa shape index (κ2) is 5.04. The molecule has 0 bridgehead atoms. The molecule has 0 heteroatoms. The summed E-state index contributed by atoms with van der Waals surface area (Å²) in [6.07, 6.45) is 5.26. The first-order valence-corrected chi connectivity index (χ1v) is 2.11. The van der Waals surface area contributed by atoms with Crippen molar-refractivity contribution in [3.05, 3.63) is 24.8 Å². The average molecular weight is 92.1 g/mol. The van der Waals surface area contributed by atoms with Crippen LogP contribution in [0.5, 0.6) is 0 Å². The van der Waals surface area contributed by atoms with E-state index in [1.165, 1.54) is 0 Å². The van der Waals surface area contributed by atoms with E-state index >= 15 is 0 Å². The topological polar surface area (TPSA) is 0 Å². The summed E-state index contributed by atoms with van der Waals surface area (Å²) in [5.41, 5.74) is 0. The highest BCUT2D eigenvalue weighted by atomic mass is 13.6. The SMILES string of the molecule is C=CC=CC#CC. The van der Waals surface area contributed by atoms with E-state index in [0.29, 0.717) is 0 Å². The van der Waals surface area contributed by atoms with Gasteiger partial charge in [-0.05, 0) is 13.0 Å². The van der Waals surface area contributed by atoms with Gasteiger partial charge in [-0.1, -0.05) is 24.7 Å². The second-order valence-electron chi connectivity index (χ2n) is 0.989. The Bertz CT molecular complexity index is 119. The molecule has 0 saturated heterocycles. The first-order chi connectivity index (χ1) is 3.41. The molecule has 0 nitrogen and oxygen atoms in total. The van der Waals surface area contributed by atoms with Gasteiger partial charge in [-0.15, -0.1) is 5.92 Å². The lowest BCUT2D eigenvalue weighted by molar-refractivity contribution is 1.90. The normalized spacial score (nSPS) is 7.57. The molecule has 0 unspecified atom stereocenters. The van der Waals surface area contributed by atoms with Crippen molar-refractivity contribution in [2.24, 2.45) is 0 Å². The third-order valence-electron chi connectivity index (χ3n) is 0.460. The van der Waals surface area contributed by atoms with Crippen molar-refractivity contribution in [3.8, 4) is 11.8 Å². The quantitative estimate of drug-likeness (QED) is 0.341. The molecule has 0 rings (SSSR count). The summed E-state index contributed by atoms with van der Waals surface area (Å²) in [5, 5.41) is 0. The zero-order valence-electron chi connectivity index (χ0n) is 4.44. The van der Waals surface area contributed by atoms with Crippen LogP contribution in [0.25, 0.3) is 0 Å². The molecule has 0 spiro atoms. The van der Waals surface area contributed by atoms with Crippen LogP contribution in [0.15, 0.2) is 24.8 Å². The molecule has 0 atom stereocenters. The molecule has 0 aromatic carbocycles. The molecule has 0 aromatic heterocycles. The summed E-state index contributed by atoms with van der Waals surface area (Å²) in [7, 11) is 0. The van der Waals surface area contributed by atoms with Crippen molar-refractivity contribution in [1.82, 2.24) is 0 Å². The maximum Gasteiger partial charge on any atom is -0.00235 e. The molecule has 0 heterocycles. The molecule has 0 aliphatic heterocycles. The highest BCUT2D eigenvalue weighted by Gasteiger charge is 1.49. The van der Waals surface area contributed by atoms with Crippen molar-refractivity contribution in [3.63, 3.8) is 0 Å². The molecule has 36 valence electrons. The lowest BCUT2D eigenvalue weighted by atomic mass is 10.5. The smallest absolute Gasteiger partial charge is 0.00235 e. The third kappa shape index (κ3) is 5.04. The summed E-state index contributed by atoms with van der Waals surface area (Å²) < 4.78 is 0. The zero-order chi connectivity index (χ0) is 5.54. The predicted molar refractivity (Wildman–Crippen MR) is 32.8 cm³/mol. The Hall–Kier alpha value is -0.960. The third-order valence-corrected chi connectivity index (χ3v) is 0.460. The Morgan fingerprint density at radius 3 is 2.71 bits per heavy atom. The van der Waals surface area contributed by atoms with Crippen LogP contribution in [0.1, 0.15) is 6.92 Å². The van der Waals surface area contributed by atoms with Crippen LogP contribution < -0.4 is 0 Å². The van der Waals surface area contributed by atoms with Gasteiger partial charge in [0.25, 0.3) is 0 Å². The average Bonchev–Trinajstić information content (AvgIpc) is 1.69. The number of allylic oxidation sites excluding steroid dienone is 3. The van der Waals surface area contributed by atoms with Gasteiger partial charge in [0.15, 0.2) is 0 Å². The Morgan fingerprint density at radius 2 is 2.29 bits per heavy atom. The van der Waals surface area contributed by atoms with Gasteiger partial charge in [0.05, 0.1) is 0 Å². The lowest BCUT2D eigenvalue weighted by Crippen LogP contribution is -1.44. The first-order valence-electron chi connectivity index (χ1n) is 2.11. The maximum atomic E-state index is 3.48. The van der Waals surface area contributed by atoms with E-state index < -0.39 is 0 Å². The van der Waals surface area contributed by atoms with Crippen molar-refractivity contribution >= 4 is 0 Å². The summed E-state index contributed by atoms with van der Waals surface area (Å²) in [6.45, 7) is 5.28. The molecule has 0 aliphatic rings. The number of hydrogen-bond acceptors (Lipinski definition) is 0. The molecule has 0 fully saturated rings. The van der Waals surface area contributed by atoms with E-state index in [2.05, 4.69) is 18.4 Å². The van der Waals surface area contributed by atoms with Crippen LogP contribution in [0.3, 0.4) is 0 Å². The van der Waals surface area contributed by atoms with Crippen LogP contribution in [0.2, 0.25) is 0 Å². The second-order valence-corrected chi connectivity index (χ2v) is 0.989. The minimum absolute atomic E-state index is 1.70. The predicted octanol–water partition coefficient (Wildman–Crippen LogP) is 1.75. The molecule has 0 saturated carbocycles. The van der Waals surface area contributed by atoms with Gasteiger partial charge in [-0.3, -0.25) is 0 Å². The van der Waals surface area contributed by atoms with Crippen molar-refractivity contribution in [2.75, 3.05) is 0 Å². The van der Waals surface area contributed by atoms with Gasteiger partial charge in [-0.25, -0.2) is 0 Å². The van der Waals surface area contributed by atoms with Gasteiger partial charge < -0.3 is 0 Å². The fraction of sp³-hybridized carbons (Fsp3) is 0.143. The Balaban J connectivity index is 3.40. The van der Waals surface area contributed by atoms with Gasteiger partial charge in [-0.2, -0.15) is 0 Å². The van der Waals surface area contributed by atoms with Gasteiger partial charge in [0.1, 0.15) is 0 Å². The van der Waals surface area contributed by atoms with Crippen LogP contribution >= 0.6 is 0 Å². The van der Waals surface area contributed by atoms with Crippen LogP contribution in [-0.4, -0.2) is 0 Å². The van der Waals surface area contributed by atoms with Gasteiger partial charge in [0, 0.05) is 0 Å². The van der Waals surface area contributed by atoms with E-state index in [0.717, 1.165) is 0 Å². The number of hydrogen-bond donors (Lipinski definition) is 0. The Morgan fingerprint density at radius 1 is 1.57 bits per heavy atom. The highest BCUT2D eigenvalue weighted by molar-refractivity contribution is 5.17. The molecule has 0 aromatic rings. The molecule has 0 amide bonds. The monoisotopic (exact) mass is 92.1 g/mol. The molecular formula is C7H8. The largest absolute Gasteiger partial charge is 0.102 e. The van der Waals surface area contributed by atoms with E-state index in [1.807, 2.05) is 0 Å². The lowest BCUT2D eigenvalue weighted by Gasteiger charge is -1.60. The minimum atomic E-state index is 1.70. The molecule has 7 heavy (non-hydrogen) atoms. The summed E-state index contributed by atoms with van der Waals surface area (Å²) in [6, 6.07) is 0. The number of rotatable bonds is 1. The van der Waals surface area contributed by atoms with Crippen LogP contribution in [0, 0.1) is 11.8 Å². The van der Waals surface area contributed by atoms with E-state index in [4.69, 9.17) is 0 Å². The fourth-order valence-electron chi connectivity index (χ4n) is 0.199. The maximum absolute atomic E-state index is 3.48. The van der Waals surface area contributed by atoms with E-state index in [1.54, 1.807) is 25.2 Å². The summed E-state index contributed by atoms with van der Waals surface area (Å²) >= 11 is 0. The van der Waals surface area contributed by atoms with Gasteiger partial charge >= 0.3 is 0 Å². The summed E-state index contributed by atoms with van der Waals surface area (Å²) in [5.74, 6) is 5.47. The van der Waals surface area contributed by atoms with Crippen LogP contribution in [0.4, 0.5) is 0 Å². The highest BCUT2D eigenvalue weighted by Crippen LogP contribution is 1.67. The Labute approximate surface area is 44.5 Å². The molecular weight excluding hydrogens is 84.1 g/mol. The van der Waals surface area contributed by atoms with E-state index in [-0.39, 0.29) is 0 Å². The van der Waals surface area contributed by atoms with Crippen LogP contribution in [-0.2, 0) is 0 Å². The van der Waals surface area contributed by atoms with Crippen molar-refractivity contribution in [2.45, 2.75) is 6.92 Å². The van der Waals surface area contributed by atoms with Crippen molar-refractivity contribution in [1.29, 1.82) is 0 Å². The Kier molecular flexibility index (Phi) is 4.35. The van der Waals surface area contributed by atoms with Crippen molar-refractivity contribution < 1.29 is 0 Å². The first kappa shape index (κ1) is 6.04. The molecule has 0 aliphatic carbocycles.